The molecule has 0 N–H and O–H groups in total. The molecule has 2 atom stereocenters. The van der Waals surface area contributed by atoms with E-state index in [2.05, 4.69) is 4.98 Å². The predicted octanol–water partition coefficient (Wildman–Crippen LogP) is 3.36. The maximum Gasteiger partial charge on any atom is 0.313 e. The van der Waals surface area contributed by atoms with Crippen LogP contribution in [0.2, 0.25) is 0 Å². The number of hydrogen-bond donors (Lipinski definition) is 0. The van der Waals surface area contributed by atoms with Crippen LogP contribution in [0.25, 0.3) is 22.1 Å². The number of pyridine rings is 1. The number of halogens is 1. The van der Waals surface area contributed by atoms with E-state index in [1.54, 1.807) is 43.5 Å². The Balaban J connectivity index is 0.00000261. The van der Waals surface area contributed by atoms with Crippen molar-refractivity contribution in [3.8, 4) is 0 Å². The molecule has 3 rings (SSSR count). The molecule has 0 amide bonds. The van der Waals surface area contributed by atoms with Gasteiger partial charge in [0.1, 0.15) is 11.7 Å². The lowest BCUT2D eigenvalue weighted by molar-refractivity contribution is -0.150. The summed E-state index contributed by atoms with van der Waals surface area (Å²) >= 11 is 0. The minimum atomic E-state index is -0.479. The number of benzene rings is 1. The van der Waals surface area contributed by atoms with Crippen LogP contribution in [0.1, 0.15) is 25.3 Å². The van der Waals surface area contributed by atoms with Crippen molar-refractivity contribution < 1.29 is 13.9 Å². The Morgan fingerprint density at radius 1 is 1.22 bits per heavy atom. The van der Waals surface area contributed by atoms with Crippen LogP contribution in [0.4, 0.5) is 0 Å². The number of rotatable bonds is 5. The number of carbonyl (C=O) groups excluding carboxylic acids is 1. The first kappa shape index (κ1) is 20.9. The minimum Gasteiger partial charge on any atom is -0.461 e. The summed E-state index contributed by atoms with van der Waals surface area (Å²) in [7, 11) is 3.85. The summed E-state index contributed by atoms with van der Waals surface area (Å²) in [5.41, 5.74) is 1.32. The summed E-state index contributed by atoms with van der Waals surface area (Å²) in [6, 6.07) is 8.56. The zero-order valence-electron chi connectivity index (χ0n) is 15.8. The van der Waals surface area contributed by atoms with Gasteiger partial charge in [0.2, 0.25) is 11.1 Å². The molecule has 27 heavy (non-hydrogen) atoms. The first-order chi connectivity index (χ1) is 12.4. The number of hydrogen-bond acceptors (Lipinski definition) is 6. The lowest BCUT2D eigenvalue weighted by Crippen LogP contribution is -2.29. The Hall–Kier alpha value is -2.44. The predicted molar refractivity (Wildman–Crippen MR) is 108 cm³/mol. The number of carbonyl (C=O) groups is 1. The maximum atomic E-state index is 12.7. The fraction of sp³-hybridized carbons (Fsp3) is 0.350. The van der Waals surface area contributed by atoms with Crippen molar-refractivity contribution in [3.63, 3.8) is 0 Å². The van der Waals surface area contributed by atoms with E-state index >= 15 is 0 Å². The van der Waals surface area contributed by atoms with Crippen LogP contribution < -0.4 is 5.43 Å². The molecule has 144 valence electrons. The number of nitrogens with zero attached hydrogens (tertiary/aromatic N) is 2. The van der Waals surface area contributed by atoms with Gasteiger partial charge in [-0.2, -0.15) is 0 Å². The molecule has 2 aromatic heterocycles. The highest BCUT2D eigenvalue weighted by atomic mass is 35.5. The molecule has 0 aliphatic rings. The number of esters is 1. The van der Waals surface area contributed by atoms with Crippen molar-refractivity contribution in [3.05, 3.63) is 52.3 Å². The Bertz CT molecular complexity index is 1020. The van der Waals surface area contributed by atoms with Gasteiger partial charge in [-0.25, -0.2) is 4.98 Å². The molecule has 0 bridgehead atoms. The lowest BCUT2D eigenvalue weighted by atomic mass is 9.99. The van der Waals surface area contributed by atoms with Gasteiger partial charge >= 0.3 is 5.97 Å². The van der Waals surface area contributed by atoms with E-state index in [4.69, 9.17) is 9.15 Å². The first-order valence-electron chi connectivity index (χ1n) is 8.53. The van der Waals surface area contributed by atoms with Crippen molar-refractivity contribution in [2.45, 2.75) is 25.9 Å². The van der Waals surface area contributed by atoms with Crippen molar-refractivity contribution in [2.75, 3.05) is 20.6 Å². The van der Waals surface area contributed by atoms with Crippen LogP contribution in [0.15, 0.2) is 45.7 Å². The molecule has 1 aromatic carbocycles. The van der Waals surface area contributed by atoms with Crippen molar-refractivity contribution in [1.29, 1.82) is 0 Å². The summed E-state index contributed by atoms with van der Waals surface area (Å²) in [5.74, 6) is -0.793. The summed E-state index contributed by atoms with van der Waals surface area (Å²) < 4.78 is 11.2. The monoisotopic (exact) mass is 390 g/mol. The largest absolute Gasteiger partial charge is 0.461 e. The molecule has 0 spiro atoms. The fourth-order valence-corrected chi connectivity index (χ4v) is 2.97. The molecular weight excluding hydrogens is 368 g/mol. The molecule has 0 radical (unpaired) electrons. The number of aromatic nitrogens is 1. The van der Waals surface area contributed by atoms with E-state index < -0.39 is 5.92 Å². The third-order valence-electron chi connectivity index (χ3n) is 4.26. The van der Waals surface area contributed by atoms with E-state index in [9.17, 15) is 9.59 Å². The van der Waals surface area contributed by atoms with Gasteiger partial charge < -0.3 is 14.1 Å². The summed E-state index contributed by atoms with van der Waals surface area (Å²) in [6.07, 6.45) is 1.37. The molecule has 2 heterocycles. The lowest BCUT2D eigenvalue weighted by Gasteiger charge is -2.20. The Labute approximate surface area is 163 Å². The maximum absolute atomic E-state index is 12.7. The highest BCUT2D eigenvalue weighted by Gasteiger charge is 2.21. The molecule has 3 aromatic rings. The van der Waals surface area contributed by atoms with Crippen LogP contribution in [0, 0.1) is 0 Å². The molecule has 7 heteroatoms. The Morgan fingerprint density at radius 2 is 1.96 bits per heavy atom. The number of likely N-dealkylation sites (N-methyl/N-ethyl adjacent to an activating group) is 1. The van der Waals surface area contributed by atoms with Crippen LogP contribution >= 0.6 is 12.4 Å². The third-order valence-corrected chi connectivity index (χ3v) is 4.26. The first-order valence-corrected chi connectivity index (χ1v) is 8.53. The van der Waals surface area contributed by atoms with Gasteiger partial charge in [0.15, 0.2) is 0 Å². The van der Waals surface area contributed by atoms with Gasteiger partial charge in [-0.3, -0.25) is 9.59 Å². The topological polar surface area (TPSA) is 72.6 Å². The van der Waals surface area contributed by atoms with E-state index in [1.165, 1.54) is 0 Å². The summed E-state index contributed by atoms with van der Waals surface area (Å²) in [4.78, 5) is 31.2. The van der Waals surface area contributed by atoms with Gasteiger partial charge in [0.25, 0.3) is 0 Å². The molecular formula is C20H23ClN2O4. The Kier molecular flexibility index (Phi) is 6.57. The molecule has 0 aliphatic carbocycles. The van der Waals surface area contributed by atoms with Crippen molar-refractivity contribution >= 4 is 40.4 Å². The van der Waals surface area contributed by atoms with E-state index in [0.717, 1.165) is 5.56 Å². The van der Waals surface area contributed by atoms with Crippen LogP contribution in [-0.2, 0) is 9.53 Å². The van der Waals surface area contributed by atoms with Gasteiger partial charge in [-0.15, -0.1) is 12.4 Å². The van der Waals surface area contributed by atoms with E-state index in [-0.39, 0.29) is 29.9 Å². The fourth-order valence-electron chi connectivity index (χ4n) is 2.97. The minimum absolute atomic E-state index is 0. The number of fused-ring (bicyclic) bond motifs is 2. The standard InChI is InChI=1S/C20H22N2O4.ClH/c1-12(11-22(3)4)25-20(24)13(2)14-7-8-17-16(10-14)18(23)15-6-5-9-21-19(15)26-17;/h5-10,12-13H,11H2,1-4H3;1H. The van der Waals surface area contributed by atoms with E-state index in [1.807, 2.05) is 25.9 Å². The second-order valence-electron chi connectivity index (χ2n) is 6.77. The molecule has 0 aliphatic heterocycles. The molecule has 0 saturated heterocycles. The van der Waals surface area contributed by atoms with Gasteiger partial charge in [-0.1, -0.05) is 6.07 Å². The number of ether oxygens (including phenoxy) is 1. The van der Waals surface area contributed by atoms with E-state index in [0.29, 0.717) is 28.6 Å². The quantitative estimate of drug-likeness (QED) is 0.491. The van der Waals surface area contributed by atoms with Crippen molar-refractivity contribution in [2.24, 2.45) is 0 Å². The van der Waals surface area contributed by atoms with Gasteiger partial charge in [-0.05, 0) is 57.8 Å². The molecule has 6 nitrogen and oxygen atoms in total. The second-order valence-corrected chi connectivity index (χ2v) is 6.77. The van der Waals surface area contributed by atoms with Crippen molar-refractivity contribution in [1.82, 2.24) is 9.88 Å². The average molecular weight is 391 g/mol. The normalized spacial score (nSPS) is 13.4. The highest BCUT2D eigenvalue weighted by Crippen LogP contribution is 2.23. The molecule has 0 fully saturated rings. The zero-order chi connectivity index (χ0) is 18.8. The van der Waals surface area contributed by atoms with Gasteiger partial charge in [0.05, 0.1) is 16.7 Å². The highest BCUT2D eigenvalue weighted by molar-refractivity contribution is 5.89. The van der Waals surface area contributed by atoms with Gasteiger partial charge in [0, 0.05) is 12.7 Å². The van der Waals surface area contributed by atoms with Crippen LogP contribution in [0.3, 0.4) is 0 Å². The third kappa shape index (κ3) is 4.46. The van der Waals surface area contributed by atoms with Crippen LogP contribution in [0.5, 0.6) is 0 Å². The summed E-state index contributed by atoms with van der Waals surface area (Å²) in [6.45, 7) is 4.29. The SMILES string of the molecule is CC(CN(C)C)OC(=O)C(C)c1ccc2oc3ncccc3c(=O)c2c1.Cl. The average Bonchev–Trinajstić information content (AvgIpc) is 2.60. The zero-order valence-corrected chi connectivity index (χ0v) is 16.6. The molecule has 2 unspecified atom stereocenters. The summed E-state index contributed by atoms with van der Waals surface area (Å²) in [5, 5.41) is 0.857. The Morgan fingerprint density at radius 3 is 2.67 bits per heavy atom. The van der Waals surface area contributed by atoms with Crippen LogP contribution in [-0.4, -0.2) is 42.6 Å². The smallest absolute Gasteiger partial charge is 0.313 e. The molecule has 0 saturated carbocycles. The second kappa shape index (κ2) is 8.50.